The van der Waals surface area contributed by atoms with Gasteiger partial charge in [-0.15, -0.1) is 11.6 Å². The summed E-state index contributed by atoms with van der Waals surface area (Å²) in [7, 11) is 0. The van der Waals surface area contributed by atoms with Gasteiger partial charge in [0.05, 0.1) is 15.5 Å². The molecule has 1 aromatic heterocycles. The summed E-state index contributed by atoms with van der Waals surface area (Å²) < 4.78 is 16.5. The van der Waals surface area contributed by atoms with Crippen molar-refractivity contribution >= 4 is 38.6 Å². The van der Waals surface area contributed by atoms with Crippen LogP contribution in [0.15, 0.2) is 16.6 Å². The molecule has 1 aliphatic carbocycles. The topological polar surface area (TPSA) is 17.8 Å². The minimum Gasteiger partial charge on any atom is -0.328 e. The first-order valence-corrected chi connectivity index (χ1v) is 8.83. The molecule has 0 N–H and O–H groups in total. The third kappa shape index (κ3) is 2.98. The van der Waals surface area contributed by atoms with Crippen LogP contribution >= 0.6 is 27.5 Å². The number of hydrogen-bond donors (Lipinski definition) is 0. The Kier molecular flexibility index (Phi) is 4.55. The van der Waals surface area contributed by atoms with Crippen molar-refractivity contribution < 1.29 is 4.39 Å². The average Bonchev–Trinajstić information content (AvgIpc) is 2.98. The van der Waals surface area contributed by atoms with E-state index in [2.05, 4.69) is 32.4 Å². The smallest absolute Gasteiger partial charge is 0.139 e. The first kappa shape index (κ1) is 15.3. The van der Waals surface area contributed by atoms with E-state index in [0.29, 0.717) is 16.3 Å². The van der Waals surface area contributed by atoms with Crippen LogP contribution in [0, 0.1) is 17.7 Å². The van der Waals surface area contributed by atoms with Crippen LogP contribution in [0.3, 0.4) is 0 Å². The van der Waals surface area contributed by atoms with Crippen LogP contribution in [0.2, 0.25) is 0 Å². The van der Waals surface area contributed by atoms with Gasteiger partial charge in [-0.05, 0) is 40.3 Å². The Hall–Kier alpha value is -0.610. The molecule has 1 fully saturated rings. The van der Waals surface area contributed by atoms with Crippen molar-refractivity contribution in [2.75, 3.05) is 5.88 Å². The molecule has 0 bridgehead atoms. The van der Waals surface area contributed by atoms with E-state index in [-0.39, 0.29) is 5.82 Å². The minimum absolute atomic E-state index is 0.236. The molecule has 2 aromatic rings. The van der Waals surface area contributed by atoms with Gasteiger partial charge < -0.3 is 4.57 Å². The largest absolute Gasteiger partial charge is 0.328 e. The molecule has 21 heavy (non-hydrogen) atoms. The lowest BCUT2D eigenvalue weighted by molar-refractivity contribution is 0.363. The second-order valence-electron chi connectivity index (χ2n) is 6.00. The molecule has 2 unspecified atom stereocenters. The number of benzene rings is 1. The molecule has 1 saturated carbocycles. The third-order valence-corrected chi connectivity index (χ3v) is 5.44. The fourth-order valence-electron chi connectivity index (χ4n) is 3.38. The number of hydrogen-bond acceptors (Lipinski definition) is 1. The van der Waals surface area contributed by atoms with Crippen LogP contribution < -0.4 is 0 Å². The maximum Gasteiger partial charge on any atom is 0.139 e. The lowest BCUT2D eigenvalue weighted by atomic mass is 9.98. The summed E-state index contributed by atoms with van der Waals surface area (Å²) in [5.74, 6) is 2.65. The molecule has 5 heteroatoms. The fraction of sp³-hybridized carbons (Fsp3) is 0.562. The molecule has 3 rings (SSSR count). The number of nitrogens with zero attached hydrogens (tertiary/aromatic N) is 2. The number of alkyl halides is 1. The van der Waals surface area contributed by atoms with Gasteiger partial charge in [0, 0.05) is 24.9 Å². The number of aryl methyl sites for hydroxylation is 1. The van der Waals surface area contributed by atoms with Gasteiger partial charge in [0.2, 0.25) is 0 Å². The fourth-order valence-corrected chi connectivity index (χ4v) is 3.88. The van der Waals surface area contributed by atoms with Crippen LogP contribution in [0.1, 0.15) is 32.0 Å². The monoisotopic (exact) mass is 372 g/mol. The first-order valence-electron chi connectivity index (χ1n) is 7.50. The molecule has 1 aromatic carbocycles. The van der Waals surface area contributed by atoms with Crippen LogP contribution in [0.4, 0.5) is 4.39 Å². The quantitative estimate of drug-likeness (QED) is 0.677. The Morgan fingerprint density at radius 1 is 1.43 bits per heavy atom. The molecule has 2 nitrogen and oxygen atoms in total. The van der Waals surface area contributed by atoms with Crippen molar-refractivity contribution in [3.63, 3.8) is 0 Å². The summed E-state index contributed by atoms with van der Waals surface area (Å²) in [6.45, 7) is 3.24. The van der Waals surface area contributed by atoms with Gasteiger partial charge in [-0.3, -0.25) is 0 Å². The van der Waals surface area contributed by atoms with E-state index in [0.717, 1.165) is 35.7 Å². The zero-order valence-corrected chi connectivity index (χ0v) is 14.4. The summed E-state index contributed by atoms with van der Waals surface area (Å²) in [4.78, 5) is 4.65. The lowest BCUT2D eigenvalue weighted by Gasteiger charge is -2.18. The summed E-state index contributed by atoms with van der Waals surface area (Å²) in [6.07, 6.45) is 4.56. The van der Waals surface area contributed by atoms with Crippen LogP contribution in [0.25, 0.3) is 11.0 Å². The second-order valence-corrected chi connectivity index (χ2v) is 7.23. The highest BCUT2D eigenvalue weighted by Crippen LogP contribution is 2.34. The van der Waals surface area contributed by atoms with E-state index < -0.39 is 0 Å². The van der Waals surface area contributed by atoms with E-state index in [1.54, 1.807) is 12.1 Å². The zero-order valence-electron chi connectivity index (χ0n) is 12.1. The van der Waals surface area contributed by atoms with Gasteiger partial charge in [0.25, 0.3) is 0 Å². The Labute approximate surface area is 137 Å². The van der Waals surface area contributed by atoms with Crippen molar-refractivity contribution in [3.05, 3.63) is 28.2 Å². The molecule has 114 valence electrons. The molecule has 0 saturated heterocycles. The normalized spacial score (nSPS) is 22.3. The second kappa shape index (κ2) is 6.25. The highest BCUT2D eigenvalue weighted by molar-refractivity contribution is 9.10. The number of halogens is 3. The maximum atomic E-state index is 13.9. The standard InChI is InChI=1S/C16H19BrClFN2/c1-10-3-2-4-11(10)9-21-15-8-13(19)12(17)7-14(15)20-16(21)5-6-18/h7-8,10-11H,2-6,9H2,1H3. The van der Waals surface area contributed by atoms with Crippen molar-refractivity contribution in [3.8, 4) is 0 Å². The molecule has 2 atom stereocenters. The van der Waals surface area contributed by atoms with E-state index >= 15 is 0 Å². The van der Waals surface area contributed by atoms with Crippen molar-refractivity contribution in [1.82, 2.24) is 9.55 Å². The van der Waals surface area contributed by atoms with E-state index in [1.807, 2.05) is 0 Å². The van der Waals surface area contributed by atoms with Crippen LogP contribution in [-0.2, 0) is 13.0 Å². The Morgan fingerprint density at radius 2 is 2.24 bits per heavy atom. The summed E-state index contributed by atoms with van der Waals surface area (Å²) in [5, 5.41) is 0. The van der Waals surface area contributed by atoms with Crippen molar-refractivity contribution in [2.45, 2.75) is 39.2 Å². The SMILES string of the molecule is CC1CCCC1Cn1c(CCCl)nc2cc(Br)c(F)cc21. The highest BCUT2D eigenvalue weighted by Gasteiger charge is 2.25. The first-order chi connectivity index (χ1) is 10.1. The Morgan fingerprint density at radius 3 is 2.90 bits per heavy atom. The van der Waals surface area contributed by atoms with Gasteiger partial charge in [0.15, 0.2) is 0 Å². The molecule has 0 spiro atoms. The Balaban J connectivity index is 2.04. The van der Waals surface area contributed by atoms with Crippen molar-refractivity contribution in [1.29, 1.82) is 0 Å². The Bertz CT molecular complexity index is 655. The molecule has 0 amide bonds. The number of aromatic nitrogens is 2. The minimum atomic E-state index is -0.236. The van der Waals surface area contributed by atoms with E-state index in [9.17, 15) is 4.39 Å². The van der Waals surface area contributed by atoms with Gasteiger partial charge in [-0.2, -0.15) is 0 Å². The van der Waals surface area contributed by atoms with Gasteiger partial charge in [-0.25, -0.2) is 9.37 Å². The third-order valence-electron chi connectivity index (χ3n) is 4.64. The predicted molar refractivity (Wildman–Crippen MR) is 88.3 cm³/mol. The van der Waals surface area contributed by atoms with Crippen molar-refractivity contribution in [2.24, 2.45) is 11.8 Å². The molecule has 1 aliphatic rings. The molecular weight excluding hydrogens is 355 g/mol. The predicted octanol–water partition coefficient (Wildman–Crippen LogP) is 5.16. The summed E-state index contributed by atoms with van der Waals surface area (Å²) in [5.41, 5.74) is 1.73. The van der Waals surface area contributed by atoms with Crippen LogP contribution in [-0.4, -0.2) is 15.4 Å². The molecular formula is C16H19BrClFN2. The van der Waals surface area contributed by atoms with E-state index in [4.69, 9.17) is 11.6 Å². The van der Waals surface area contributed by atoms with Gasteiger partial charge in [0.1, 0.15) is 11.6 Å². The highest BCUT2D eigenvalue weighted by atomic mass is 79.9. The zero-order chi connectivity index (χ0) is 15.0. The number of rotatable bonds is 4. The van der Waals surface area contributed by atoms with Gasteiger partial charge in [-0.1, -0.05) is 19.8 Å². The summed E-state index contributed by atoms with van der Waals surface area (Å²) >= 11 is 9.14. The molecule has 0 aliphatic heterocycles. The average molecular weight is 374 g/mol. The van der Waals surface area contributed by atoms with Gasteiger partial charge >= 0.3 is 0 Å². The van der Waals surface area contributed by atoms with Crippen LogP contribution in [0.5, 0.6) is 0 Å². The summed E-state index contributed by atoms with van der Waals surface area (Å²) in [6, 6.07) is 3.35. The van der Waals surface area contributed by atoms with E-state index in [1.165, 1.54) is 19.3 Å². The molecule has 0 radical (unpaired) electrons. The number of imidazole rings is 1. The number of fused-ring (bicyclic) bond motifs is 1. The maximum absolute atomic E-state index is 13.9. The molecule has 1 heterocycles. The lowest BCUT2D eigenvalue weighted by Crippen LogP contribution is -2.15.